The molecule has 1 aromatic carbocycles. The first kappa shape index (κ1) is 16.3. The number of hydroxylamine groups is 1. The molecule has 0 radical (unpaired) electrons. The van der Waals surface area contributed by atoms with Crippen LogP contribution >= 0.6 is 24.0 Å². The molecule has 0 unspecified atom stereocenters. The predicted octanol–water partition coefficient (Wildman–Crippen LogP) is 3.77. The highest BCUT2D eigenvalue weighted by Crippen LogP contribution is 2.41. The second kappa shape index (κ2) is 6.36. The summed E-state index contributed by atoms with van der Waals surface area (Å²) < 4.78 is 1.67. The fourth-order valence-corrected chi connectivity index (χ4v) is 4.51. The minimum absolute atomic E-state index is 0.213. The molecule has 0 spiro atoms. The average Bonchev–Trinajstić information content (AvgIpc) is 2.62. The van der Waals surface area contributed by atoms with Crippen molar-refractivity contribution < 1.29 is 4.74 Å². The molecule has 1 fully saturated rings. The van der Waals surface area contributed by atoms with E-state index >= 15 is 0 Å². The Hall–Kier alpha value is -1.07. The molecule has 1 aliphatic heterocycles. The Morgan fingerprint density at radius 2 is 2.00 bits per heavy atom. The zero-order valence-corrected chi connectivity index (χ0v) is 14.6. The molecule has 0 aliphatic carbocycles. The van der Waals surface area contributed by atoms with Crippen molar-refractivity contribution in [2.45, 2.75) is 45.0 Å². The van der Waals surface area contributed by atoms with Crippen LogP contribution in [-0.4, -0.2) is 37.6 Å². The van der Waals surface area contributed by atoms with Crippen LogP contribution in [0.5, 0.6) is 0 Å². The summed E-state index contributed by atoms with van der Waals surface area (Å²) in [5.74, 6) is 0. The average molecular weight is 322 g/mol. The van der Waals surface area contributed by atoms with Crippen molar-refractivity contribution in [3.63, 3.8) is 0 Å². The van der Waals surface area contributed by atoms with Gasteiger partial charge in [-0.2, -0.15) is 4.74 Å². The van der Waals surface area contributed by atoms with E-state index in [0.717, 1.165) is 27.6 Å². The number of rotatable bonds is 4. The lowest BCUT2D eigenvalue weighted by Gasteiger charge is -2.29. The number of benzene rings is 1. The van der Waals surface area contributed by atoms with Crippen LogP contribution in [0.1, 0.15) is 38.3 Å². The van der Waals surface area contributed by atoms with Crippen LogP contribution in [0.25, 0.3) is 0 Å². The van der Waals surface area contributed by atoms with E-state index < -0.39 is 0 Å². The summed E-state index contributed by atoms with van der Waals surface area (Å²) >= 11 is 7.06. The maximum absolute atomic E-state index is 12.7. The molecule has 2 rings (SSSR count). The Labute approximate surface area is 136 Å². The Bertz CT molecular complexity index is 552. The van der Waals surface area contributed by atoms with Crippen LogP contribution in [-0.2, 0) is 0 Å². The number of thiocarbonyl (C=S) groups is 1. The third kappa shape index (κ3) is 3.58. The fraction of sp³-hybridized carbons (Fsp3) is 0.500. The zero-order valence-electron chi connectivity index (χ0n) is 13.0. The molecule has 1 saturated heterocycles. The van der Waals surface area contributed by atoms with Gasteiger partial charge in [0, 0.05) is 12.1 Å². The molecule has 114 valence electrons. The van der Waals surface area contributed by atoms with Crippen LogP contribution in [0.2, 0.25) is 0 Å². The topological polar surface area (TPSA) is 29.3 Å². The summed E-state index contributed by atoms with van der Waals surface area (Å²) in [4.78, 5) is 2.05. The zero-order chi connectivity index (χ0) is 15.6. The van der Waals surface area contributed by atoms with Gasteiger partial charge in [-0.1, -0.05) is 48.6 Å². The van der Waals surface area contributed by atoms with E-state index in [1.807, 2.05) is 31.2 Å². The van der Waals surface area contributed by atoms with Gasteiger partial charge >= 0.3 is 0 Å². The summed E-state index contributed by atoms with van der Waals surface area (Å²) in [5, 5.41) is 12.7. The first-order valence-electron chi connectivity index (χ1n) is 7.22. The van der Waals surface area contributed by atoms with Gasteiger partial charge in [0.25, 0.3) is 6.17 Å². The van der Waals surface area contributed by atoms with E-state index in [4.69, 9.17) is 12.2 Å². The summed E-state index contributed by atoms with van der Waals surface area (Å²) in [6, 6.07) is 7.97. The highest BCUT2D eigenvalue weighted by Gasteiger charge is 2.49. The van der Waals surface area contributed by atoms with E-state index in [9.17, 15) is 5.21 Å². The molecule has 5 heteroatoms. The van der Waals surface area contributed by atoms with Crippen molar-refractivity contribution in [1.82, 2.24) is 4.90 Å². The lowest BCUT2D eigenvalue weighted by atomic mass is 10.1. The van der Waals surface area contributed by atoms with Crippen molar-refractivity contribution >= 4 is 34.5 Å². The minimum Gasteiger partial charge on any atom is -0.622 e. The second-order valence-corrected chi connectivity index (χ2v) is 8.23. The maximum Gasteiger partial charge on any atom is 0.254 e. The van der Waals surface area contributed by atoms with Gasteiger partial charge in [-0.25, -0.2) is 0 Å². The molecule has 1 atom stereocenters. The van der Waals surface area contributed by atoms with E-state index in [1.54, 1.807) is 18.0 Å². The molecule has 21 heavy (non-hydrogen) atoms. The van der Waals surface area contributed by atoms with Gasteiger partial charge in [0.05, 0.1) is 0 Å². The van der Waals surface area contributed by atoms with Gasteiger partial charge < -0.3 is 5.21 Å². The highest BCUT2D eigenvalue weighted by atomic mass is 32.2. The van der Waals surface area contributed by atoms with E-state index in [2.05, 4.69) is 25.7 Å². The molecule has 0 amide bonds. The van der Waals surface area contributed by atoms with Crippen LogP contribution in [0.4, 0.5) is 0 Å². The molecule has 3 nitrogen and oxygen atoms in total. The SMILES string of the molecule is CCCN1C(=S)SC(C)(C)[C@H]1/[N+]([O-])=C/c1ccc(C)cc1. The summed E-state index contributed by atoms with van der Waals surface area (Å²) in [7, 11) is 0. The van der Waals surface area contributed by atoms with Crippen LogP contribution in [0, 0.1) is 12.1 Å². The number of hydrogen-bond acceptors (Lipinski definition) is 3. The minimum atomic E-state index is -0.253. The van der Waals surface area contributed by atoms with Gasteiger partial charge in [0.15, 0.2) is 6.21 Å². The van der Waals surface area contributed by atoms with Gasteiger partial charge in [0.2, 0.25) is 0 Å². The number of aryl methyl sites for hydroxylation is 1. The third-order valence-electron chi connectivity index (χ3n) is 3.56. The first-order valence-corrected chi connectivity index (χ1v) is 8.44. The first-order chi connectivity index (χ1) is 9.85. The largest absolute Gasteiger partial charge is 0.622 e. The van der Waals surface area contributed by atoms with Crippen LogP contribution < -0.4 is 0 Å². The smallest absolute Gasteiger partial charge is 0.254 e. The Kier molecular flexibility index (Phi) is 4.94. The summed E-state index contributed by atoms with van der Waals surface area (Å²) in [6.45, 7) is 9.13. The van der Waals surface area contributed by atoms with Crippen molar-refractivity contribution in [2.75, 3.05) is 6.54 Å². The molecular weight excluding hydrogens is 300 g/mol. The fourth-order valence-electron chi connectivity index (χ4n) is 2.58. The molecule has 0 bridgehead atoms. The molecule has 0 N–H and O–H groups in total. The molecule has 1 heterocycles. The summed E-state index contributed by atoms with van der Waals surface area (Å²) in [5.41, 5.74) is 2.11. The van der Waals surface area contributed by atoms with Crippen molar-refractivity contribution in [2.24, 2.45) is 0 Å². The maximum atomic E-state index is 12.7. The predicted molar refractivity (Wildman–Crippen MR) is 95.0 cm³/mol. The number of thioether (sulfide) groups is 1. The monoisotopic (exact) mass is 322 g/mol. The number of nitrogens with zero attached hydrogens (tertiary/aromatic N) is 2. The van der Waals surface area contributed by atoms with Crippen LogP contribution in [0.15, 0.2) is 24.3 Å². The second-order valence-electron chi connectivity index (χ2n) is 5.94. The Balaban J connectivity index is 2.31. The van der Waals surface area contributed by atoms with Crippen molar-refractivity contribution in [3.05, 3.63) is 40.6 Å². The van der Waals surface area contributed by atoms with Gasteiger partial charge in [-0.3, -0.25) is 4.90 Å². The lowest BCUT2D eigenvalue weighted by molar-refractivity contribution is -0.523. The summed E-state index contributed by atoms with van der Waals surface area (Å²) in [6.07, 6.45) is 2.39. The van der Waals surface area contributed by atoms with Gasteiger partial charge in [-0.15, -0.1) is 0 Å². The molecule has 1 aliphatic rings. The van der Waals surface area contributed by atoms with Gasteiger partial charge in [0.1, 0.15) is 9.07 Å². The molecule has 0 aromatic heterocycles. The third-order valence-corrected chi connectivity index (χ3v) is 5.19. The van der Waals surface area contributed by atoms with Crippen molar-refractivity contribution in [1.29, 1.82) is 0 Å². The van der Waals surface area contributed by atoms with E-state index in [1.165, 1.54) is 5.56 Å². The lowest BCUT2D eigenvalue weighted by Crippen LogP contribution is -2.48. The number of hydrogen-bond donors (Lipinski definition) is 0. The van der Waals surface area contributed by atoms with E-state index in [0.29, 0.717) is 0 Å². The molecule has 1 aromatic rings. The van der Waals surface area contributed by atoms with Crippen molar-refractivity contribution in [3.8, 4) is 0 Å². The van der Waals surface area contributed by atoms with E-state index in [-0.39, 0.29) is 10.9 Å². The standard InChI is InChI=1S/C16H22N2OS2/c1-5-10-17-14(16(3,4)21-15(17)20)18(19)11-13-8-6-12(2)7-9-13/h6-9,11,14H,5,10H2,1-4H3/b18-11-/t14-/m1/s1. The van der Waals surface area contributed by atoms with Gasteiger partial charge in [-0.05, 0) is 39.3 Å². The van der Waals surface area contributed by atoms with Crippen LogP contribution in [0.3, 0.4) is 0 Å². The quantitative estimate of drug-likeness (QED) is 0.277. The molecular formula is C16H22N2OS2. The highest BCUT2D eigenvalue weighted by molar-refractivity contribution is 8.24. The molecule has 0 saturated carbocycles. The Morgan fingerprint density at radius 1 is 1.38 bits per heavy atom. The Morgan fingerprint density at radius 3 is 2.57 bits per heavy atom. The normalized spacial score (nSPS) is 21.9.